The zero-order chi connectivity index (χ0) is 12.5. The predicted molar refractivity (Wildman–Crippen MR) is 70.6 cm³/mol. The Labute approximate surface area is 111 Å². The van der Waals surface area contributed by atoms with Gasteiger partial charge in [0.15, 0.2) is 5.78 Å². The highest BCUT2D eigenvalue weighted by atomic mass is 32.2. The van der Waals surface area contributed by atoms with E-state index in [0.717, 1.165) is 19.4 Å². The van der Waals surface area contributed by atoms with E-state index in [0.29, 0.717) is 13.0 Å². The average Bonchev–Trinajstić information content (AvgIpc) is 2.81. The van der Waals surface area contributed by atoms with Gasteiger partial charge in [0.1, 0.15) is 0 Å². The van der Waals surface area contributed by atoms with Crippen molar-refractivity contribution in [1.82, 2.24) is 4.90 Å². The highest BCUT2D eigenvalue weighted by Gasteiger charge is 2.32. The molecule has 0 aliphatic carbocycles. The number of carbonyl (C=O) groups is 2. The maximum absolute atomic E-state index is 12.4. The van der Waals surface area contributed by atoms with Crippen molar-refractivity contribution in [1.29, 1.82) is 0 Å². The number of rotatable bonds is 1. The van der Waals surface area contributed by atoms with Gasteiger partial charge < -0.3 is 4.90 Å². The first-order valence-corrected chi connectivity index (χ1v) is 7.17. The zero-order valence-electron chi connectivity index (χ0n) is 10.1. The number of Topliss-reactive ketones (excluding diaryl/α,β-unsaturated/α-hetero) is 1. The Balaban J connectivity index is 1.70. The molecule has 2 aliphatic rings. The molecule has 1 aromatic carbocycles. The monoisotopic (exact) mass is 261 g/mol. The van der Waals surface area contributed by atoms with Crippen LogP contribution in [0.25, 0.3) is 0 Å². The average molecular weight is 261 g/mol. The van der Waals surface area contributed by atoms with E-state index in [-0.39, 0.29) is 16.9 Å². The number of hydrogen-bond donors (Lipinski definition) is 0. The van der Waals surface area contributed by atoms with Crippen LogP contribution < -0.4 is 0 Å². The van der Waals surface area contributed by atoms with Crippen molar-refractivity contribution in [2.75, 3.05) is 13.1 Å². The fourth-order valence-corrected chi connectivity index (χ4v) is 3.83. The van der Waals surface area contributed by atoms with Gasteiger partial charge in [-0.2, -0.15) is 0 Å². The van der Waals surface area contributed by atoms with Crippen LogP contribution in [0.15, 0.2) is 29.2 Å². The standard InChI is InChI=1S/C14H15NO2S/c16-11-5-3-7-15(9-11)14(17)13-8-10-4-1-2-6-12(10)18-13/h1-2,4,6,13H,3,5,7-9H2. The number of nitrogens with zero attached hydrogens (tertiary/aromatic N) is 1. The Bertz CT molecular complexity index is 475. The summed E-state index contributed by atoms with van der Waals surface area (Å²) in [6.07, 6.45) is 2.24. The van der Waals surface area contributed by atoms with Crippen LogP contribution in [-0.4, -0.2) is 34.9 Å². The van der Waals surface area contributed by atoms with Gasteiger partial charge in [-0.05, 0) is 24.5 Å². The van der Waals surface area contributed by atoms with Crippen LogP contribution in [0, 0.1) is 0 Å². The molecule has 0 N–H and O–H groups in total. The van der Waals surface area contributed by atoms with Crippen LogP contribution in [0.2, 0.25) is 0 Å². The molecule has 0 radical (unpaired) electrons. The lowest BCUT2D eigenvalue weighted by Gasteiger charge is -2.27. The highest BCUT2D eigenvalue weighted by molar-refractivity contribution is 8.01. The van der Waals surface area contributed by atoms with E-state index in [4.69, 9.17) is 0 Å². The molecule has 1 atom stereocenters. The molecule has 0 bridgehead atoms. The summed E-state index contributed by atoms with van der Waals surface area (Å²) < 4.78 is 0. The Morgan fingerprint density at radius 2 is 2.17 bits per heavy atom. The van der Waals surface area contributed by atoms with E-state index in [2.05, 4.69) is 12.1 Å². The molecule has 1 aromatic rings. The van der Waals surface area contributed by atoms with E-state index in [1.54, 1.807) is 16.7 Å². The van der Waals surface area contributed by atoms with Crippen LogP contribution >= 0.6 is 11.8 Å². The fraction of sp³-hybridized carbons (Fsp3) is 0.429. The van der Waals surface area contributed by atoms with Crippen molar-refractivity contribution >= 4 is 23.5 Å². The van der Waals surface area contributed by atoms with Gasteiger partial charge in [0, 0.05) is 17.9 Å². The molecule has 0 aromatic heterocycles. The zero-order valence-corrected chi connectivity index (χ0v) is 10.9. The number of ketones is 1. The summed E-state index contributed by atoms with van der Waals surface area (Å²) in [5.41, 5.74) is 1.25. The molecule has 0 spiro atoms. The van der Waals surface area contributed by atoms with Crippen LogP contribution in [0.4, 0.5) is 0 Å². The Kier molecular flexibility index (Phi) is 3.12. The Morgan fingerprint density at radius 1 is 1.33 bits per heavy atom. The normalized spacial score (nSPS) is 23.0. The van der Waals surface area contributed by atoms with Crippen molar-refractivity contribution < 1.29 is 9.59 Å². The molecule has 3 nitrogen and oxygen atoms in total. The van der Waals surface area contributed by atoms with Crippen molar-refractivity contribution in [3.05, 3.63) is 29.8 Å². The van der Waals surface area contributed by atoms with Crippen molar-refractivity contribution in [2.24, 2.45) is 0 Å². The van der Waals surface area contributed by atoms with Gasteiger partial charge in [0.05, 0.1) is 11.8 Å². The molecule has 4 heteroatoms. The van der Waals surface area contributed by atoms with Crippen LogP contribution in [0.3, 0.4) is 0 Å². The summed E-state index contributed by atoms with van der Waals surface area (Å²) in [5.74, 6) is 0.319. The van der Waals surface area contributed by atoms with E-state index in [1.807, 2.05) is 12.1 Å². The SMILES string of the molecule is O=C1CCCN(C(=O)C2Cc3ccccc3S2)C1. The molecule has 2 heterocycles. The third kappa shape index (κ3) is 2.17. The summed E-state index contributed by atoms with van der Waals surface area (Å²) in [6, 6.07) is 8.16. The largest absolute Gasteiger partial charge is 0.334 e. The van der Waals surface area contributed by atoms with E-state index >= 15 is 0 Å². The van der Waals surface area contributed by atoms with Crippen LogP contribution in [0.1, 0.15) is 18.4 Å². The summed E-state index contributed by atoms with van der Waals surface area (Å²) >= 11 is 1.64. The summed E-state index contributed by atoms with van der Waals surface area (Å²) in [7, 11) is 0. The van der Waals surface area contributed by atoms with Gasteiger partial charge >= 0.3 is 0 Å². The third-order valence-corrected chi connectivity index (χ3v) is 4.79. The molecule has 1 unspecified atom stereocenters. The fourth-order valence-electron chi connectivity index (χ4n) is 2.55. The first-order valence-electron chi connectivity index (χ1n) is 6.29. The van der Waals surface area contributed by atoms with Gasteiger partial charge in [0.25, 0.3) is 0 Å². The maximum atomic E-state index is 12.4. The van der Waals surface area contributed by atoms with Gasteiger partial charge in [-0.25, -0.2) is 0 Å². The minimum atomic E-state index is -0.0340. The van der Waals surface area contributed by atoms with Gasteiger partial charge in [-0.15, -0.1) is 11.8 Å². The quantitative estimate of drug-likeness (QED) is 0.775. The van der Waals surface area contributed by atoms with E-state index in [1.165, 1.54) is 10.5 Å². The lowest BCUT2D eigenvalue weighted by Crippen LogP contribution is -2.44. The number of amides is 1. The molecule has 94 valence electrons. The molecule has 1 fully saturated rings. The van der Waals surface area contributed by atoms with Crippen LogP contribution in [0.5, 0.6) is 0 Å². The number of hydrogen-bond acceptors (Lipinski definition) is 3. The maximum Gasteiger partial charge on any atom is 0.236 e. The minimum Gasteiger partial charge on any atom is -0.334 e. The summed E-state index contributed by atoms with van der Waals surface area (Å²) in [4.78, 5) is 26.7. The second-order valence-electron chi connectivity index (χ2n) is 4.82. The van der Waals surface area contributed by atoms with Crippen molar-refractivity contribution in [2.45, 2.75) is 29.4 Å². The van der Waals surface area contributed by atoms with Crippen molar-refractivity contribution in [3.63, 3.8) is 0 Å². The summed E-state index contributed by atoms with van der Waals surface area (Å²) in [5, 5.41) is -0.0340. The minimum absolute atomic E-state index is 0.0340. The molecule has 0 saturated carbocycles. The van der Waals surface area contributed by atoms with Gasteiger partial charge in [-0.1, -0.05) is 18.2 Å². The molecular weight excluding hydrogens is 246 g/mol. The van der Waals surface area contributed by atoms with E-state index < -0.39 is 0 Å². The summed E-state index contributed by atoms with van der Waals surface area (Å²) in [6.45, 7) is 1.05. The first kappa shape index (κ1) is 11.8. The highest BCUT2D eigenvalue weighted by Crippen LogP contribution is 2.37. The predicted octanol–water partition coefficient (Wildman–Crippen LogP) is 1.89. The van der Waals surface area contributed by atoms with Crippen molar-refractivity contribution in [3.8, 4) is 0 Å². The van der Waals surface area contributed by atoms with Crippen LogP contribution in [-0.2, 0) is 16.0 Å². The number of benzene rings is 1. The van der Waals surface area contributed by atoms with Gasteiger partial charge in [0.2, 0.25) is 5.91 Å². The molecule has 2 aliphatic heterocycles. The molecular formula is C14H15NO2S. The molecule has 1 amide bonds. The van der Waals surface area contributed by atoms with Gasteiger partial charge in [-0.3, -0.25) is 9.59 Å². The first-order chi connectivity index (χ1) is 8.74. The third-order valence-electron chi connectivity index (χ3n) is 3.49. The molecule has 3 rings (SSSR count). The lowest BCUT2D eigenvalue weighted by atomic mass is 10.1. The smallest absolute Gasteiger partial charge is 0.236 e. The Morgan fingerprint density at radius 3 is 2.94 bits per heavy atom. The number of piperidine rings is 1. The number of likely N-dealkylation sites (tertiary alicyclic amines) is 1. The second-order valence-corrected chi connectivity index (χ2v) is 6.06. The molecule has 18 heavy (non-hydrogen) atoms. The van der Waals surface area contributed by atoms with E-state index in [9.17, 15) is 9.59 Å². The Hall–Kier alpha value is -1.29. The number of carbonyl (C=O) groups excluding carboxylic acids is 2. The number of thioether (sulfide) groups is 1. The molecule has 1 saturated heterocycles. The second kappa shape index (κ2) is 4.76. The number of fused-ring (bicyclic) bond motifs is 1. The lowest BCUT2D eigenvalue weighted by molar-refractivity contribution is -0.137. The topological polar surface area (TPSA) is 37.4 Å².